The molecule has 10 atom stereocenters. The summed E-state index contributed by atoms with van der Waals surface area (Å²) < 4.78 is 39.4. The normalized spacial score (nSPS) is 49.5. The minimum Gasteiger partial charge on any atom is -0.390 e. The molecule has 2 N–H and O–H groups in total. The summed E-state index contributed by atoms with van der Waals surface area (Å²) in [5.74, 6) is 3.42. The Hall–Kier alpha value is -0.290. The molecule has 1 unspecified atom stereocenters. The molecule has 0 heterocycles. The standard InChI is InChI=1S/C27H45F3O2/c1-17(10-13-26(5,32)27(28,29)30)20-8-9-21-19-7-6-18-16-23(2,31)14-15-24(18,3)22(19)11-12-25(20,21)4/h17-22,31-32H,6-16H2,1-5H3/t17-,18+,19+,20-,21+,22+,23+,24+,25-,26?/m1/s1. The van der Waals surface area contributed by atoms with E-state index in [1.54, 1.807) is 0 Å². The summed E-state index contributed by atoms with van der Waals surface area (Å²) in [4.78, 5) is 0. The molecule has 4 rings (SSSR count). The maximum absolute atomic E-state index is 13.1. The molecule has 5 heteroatoms. The van der Waals surface area contributed by atoms with E-state index in [1.165, 1.54) is 32.1 Å². The lowest BCUT2D eigenvalue weighted by molar-refractivity contribution is -0.256. The minimum atomic E-state index is -4.56. The number of fused-ring (bicyclic) bond motifs is 5. The maximum atomic E-state index is 13.1. The van der Waals surface area contributed by atoms with Gasteiger partial charge in [-0.2, -0.15) is 13.2 Å². The van der Waals surface area contributed by atoms with Gasteiger partial charge in [0.2, 0.25) is 0 Å². The number of halogens is 3. The highest BCUT2D eigenvalue weighted by Gasteiger charge is 2.61. The zero-order valence-electron chi connectivity index (χ0n) is 20.8. The van der Waals surface area contributed by atoms with E-state index < -0.39 is 17.4 Å². The highest BCUT2D eigenvalue weighted by molar-refractivity contribution is 5.10. The summed E-state index contributed by atoms with van der Waals surface area (Å²) >= 11 is 0. The predicted octanol–water partition coefficient (Wildman–Crippen LogP) is 7.13. The molecule has 0 aromatic rings. The number of hydrogen-bond donors (Lipinski definition) is 2. The highest BCUT2D eigenvalue weighted by atomic mass is 19.4. The lowest BCUT2D eigenvalue weighted by Crippen LogP contribution is -2.55. The molecular weight excluding hydrogens is 413 g/mol. The first-order valence-electron chi connectivity index (χ1n) is 13.1. The molecule has 0 aromatic carbocycles. The van der Waals surface area contributed by atoms with Crippen LogP contribution in [0.2, 0.25) is 0 Å². The van der Waals surface area contributed by atoms with Crippen molar-refractivity contribution in [1.82, 2.24) is 0 Å². The lowest BCUT2D eigenvalue weighted by atomic mass is 9.43. The van der Waals surface area contributed by atoms with Crippen LogP contribution in [0.5, 0.6) is 0 Å². The molecule has 2 nitrogen and oxygen atoms in total. The molecule has 0 saturated heterocycles. The fourth-order valence-corrected chi connectivity index (χ4v) is 9.26. The van der Waals surface area contributed by atoms with E-state index >= 15 is 0 Å². The third-order valence-electron chi connectivity index (χ3n) is 11.4. The molecule has 4 fully saturated rings. The van der Waals surface area contributed by atoms with Crippen molar-refractivity contribution in [3.05, 3.63) is 0 Å². The van der Waals surface area contributed by atoms with E-state index in [0.717, 1.165) is 44.4 Å². The van der Waals surface area contributed by atoms with Gasteiger partial charge in [0.25, 0.3) is 0 Å². The maximum Gasteiger partial charge on any atom is 0.416 e. The van der Waals surface area contributed by atoms with Crippen LogP contribution in [0.3, 0.4) is 0 Å². The largest absolute Gasteiger partial charge is 0.416 e. The van der Waals surface area contributed by atoms with Crippen LogP contribution < -0.4 is 0 Å². The molecular formula is C27H45F3O2. The van der Waals surface area contributed by atoms with Crippen molar-refractivity contribution < 1.29 is 23.4 Å². The Morgan fingerprint density at radius 3 is 2.22 bits per heavy atom. The van der Waals surface area contributed by atoms with E-state index in [2.05, 4.69) is 20.8 Å². The molecule has 0 aromatic heterocycles. The van der Waals surface area contributed by atoms with Crippen LogP contribution in [0.1, 0.15) is 105 Å². The molecule has 0 bridgehead atoms. The summed E-state index contributed by atoms with van der Waals surface area (Å²) in [6.45, 7) is 9.99. The zero-order valence-corrected chi connectivity index (χ0v) is 20.8. The van der Waals surface area contributed by atoms with Crippen LogP contribution in [-0.2, 0) is 0 Å². The van der Waals surface area contributed by atoms with Crippen LogP contribution in [0.25, 0.3) is 0 Å². The topological polar surface area (TPSA) is 40.5 Å². The van der Waals surface area contributed by atoms with Crippen molar-refractivity contribution in [3.8, 4) is 0 Å². The molecule has 0 aliphatic heterocycles. The van der Waals surface area contributed by atoms with Crippen molar-refractivity contribution in [1.29, 1.82) is 0 Å². The SMILES string of the molecule is C[C@H](CCC(C)(O)C(F)(F)F)[C@H]1CC[C@H]2[C@@H]3CC[C@H]4C[C@@](C)(O)CC[C@]4(C)[C@H]3CC[C@]12C. The van der Waals surface area contributed by atoms with E-state index in [0.29, 0.717) is 29.6 Å². The van der Waals surface area contributed by atoms with Gasteiger partial charge in [-0.1, -0.05) is 20.8 Å². The smallest absolute Gasteiger partial charge is 0.390 e. The van der Waals surface area contributed by atoms with Crippen LogP contribution in [0, 0.1) is 46.3 Å². The molecule has 0 spiro atoms. The summed E-state index contributed by atoms with van der Waals surface area (Å²) in [5, 5.41) is 20.6. The Kier molecular flexibility index (Phi) is 6.10. The molecule has 4 aliphatic rings. The minimum absolute atomic E-state index is 0.201. The van der Waals surface area contributed by atoms with Gasteiger partial charge in [0, 0.05) is 0 Å². The third-order valence-corrected chi connectivity index (χ3v) is 11.4. The number of alkyl halides is 3. The van der Waals surface area contributed by atoms with Gasteiger partial charge in [0.15, 0.2) is 5.60 Å². The quantitative estimate of drug-likeness (QED) is 0.471. The Labute approximate surface area is 192 Å². The van der Waals surface area contributed by atoms with Crippen molar-refractivity contribution in [3.63, 3.8) is 0 Å². The van der Waals surface area contributed by atoms with Gasteiger partial charge in [-0.25, -0.2) is 0 Å². The van der Waals surface area contributed by atoms with Crippen LogP contribution in [0.4, 0.5) is 13.2 Å². The van der Waals surface area contributed by atoms with Gasteiger partial charge in [-0.05, 0) is 131 Å². The van der Waals surface area contributed by atoms with E-state index in [9.17, 15) is 23.4 Å². The summed E-state index contributed by atoms with van der Waals surface area (Å²) in [5.41, 5.74) is -2.55. The van der Waals surface area contributed by atoms with Gasteiger partial charge in [0.05, 0.1) is 5.60 Å². The first-order chi connectivity index (χ1) is 14.6. The van der Waals surface area contributed by atoms with Crippen LogP contribution in [-0.4, -0.2) is 27.6 Å². The third kappa shape index (κ3) is 3.95. The van der Waals surface area contributed by atoms with E-state index in [-0.39, 0.29) is 17.8 Å². The predicted molar refractivity (Wildman–Crippen MR) is 121 cm³/mol. The number of aliphatic hydroxyl groups is 2. The average Bonchev–Trinajstić information content (AvgIpc) is 3.03. The fraction of sp³-hybridized carbons (Fsp3) is 1.00. The first-order valence-corrected chi connectivity index (χ1v) is 13.1. The van der Waals surface area contributed by atoms with Crippen molar-refractivity contribution >= 4 is 0 Å². The molecule has 4 saturated carbocycles. The summed E-state index contributed by atoms with van der Waals surface area (Å²) in [7, 11) is 0. The first kappa shape index (κ1) is 24.8. The highest BCUT2D eigenvalue weighted by Crippen LogP contribution is 2.69. The van der Waals surface area contributed by atoms with Crippen molar-refractivity contribution in [2.75, 3.05) is 0 Å². The molecule has 4 aliphatic carbocycles. The Bertz CT molecular complexity index is 702. The van der Waals surface area contributed by atoms with Gasteiger partial charge in [-0.15, -0.1) is 0 Å². The van der Waals surface area contributed by atoms with Gasteiger partial charge < -0.3 is 10.2 Å². The fourth-order valence-electron chi connectivity index (χ4n) is 9.26. The Morgan fingerprint density at radius 2 is 1.56 bits per heavy atom. The summed E-state index contributed by atoms with van der Waals surface area (Å²) in [6, 6.07) is 0. The Morgan fingerprint density at radius 1 is 0.906 bits per heavy atom. The number of rotatable bonds is 4. The Balaban J connectivity index is 1.46. The van der Waals surface area contributed by atoms with Crippen LogP contribution >= 0.6 is 0 Å². The van der Waals surface area contributed by atoms with Gasteiger partial charge >= 0.3 is 6.18 Å². The van der Waals surface area contributed by atoms with Gasteiger partial charge in [0.1, 0.15) is 0 Å². The second-order valence-corrected chi connectivity index (χ2v) is 13.4. The van der Waals surface area contributed by atoms with Gasteiger partial charge in [-0.3, -0.25) is 0 Å². The lowest BCUT2D eigenvalue weighted by Gasteiger charge is -2.62. The summed E-state index contributed by atoms with van der Waals surface area (Å²) in [6.07, 6.45) is 5.85. The molecule has 186 valence electrons. The second-order valence-electron chi connectivity index (χ2n) is 13.4. The van der Waals surface area contributed by atoms with Crippen molar-refractivity contribution in [2.45, 2.75) is 123 Å². The van der Waals surface area contributed by atoms with E-state index in [4.69, 9.17) is 0 Å². The molecule has 0 radical (unpaired) electrons. The van der Waals surface area contributed by atoms with Crippen LogP contribution in [0.15, 0.2) is 0 Å². The number of hydrogen-bond acceptors (Lipinski definition) is 2. The monoisotopic (exact) mass is 458 g/mol. The zero-order chi connectivity index (χ0) is 23.7. The second kappa shape index (κ2) is 7.86. The molecule has 0 amide bonds. The van der Waals surface area contributed by atoms with Crippen molar-refractivity contribution in [2.24, 2.45) is 46.3 Å². The van der Waals surface area contributed by atoms with E-state index in [1.807, 2.05) is 6.92 Å². The molecule has 32 heavy (non-hydrogen) atoms. The average molecular weight is 459 g/mol.